The van der Waals surface area contributed by atoms with Gasteiger partial charge in [-0.25, -0.2) is 0 Å². The van der Waals surface area contributed by atoms with Crippen LogP contribution in [0.2, 0.25) is 0 Å². The number of rotatable bonds is 0. The Morgan fingerprint density at radius 3 is 3.40 bits per heavy atom. The number of hydrogen-bond acceptors (Lipinski definition) is 2. The largest absolute Gasteiger partial charge is 0.256 e. The van der Waals surface area contributed by atoms with Crippen molar-refractivity contribution < 1.29 is 0 Å². The summed E-state index contributed by atoms with van der Waals surface area (Å²) >= 11 is 1.84. The molecule has 2 aliphatic heterocycles. The lowest BCUT2D eigenvalue weighted by Crippen LogP contribution is -1.71. The van der Waals surface area contributed by atoms with Gasteiger partial charge in [0.25, 0.3) is 0 Å². The molecule has 0 radical (unpaired) electrons. The molecule has 0 aromatic rings. The molecule has 0 saturated heterocycles. The summed E-state index contributed by atoms with van der Waals surface area (Å²) in [5.74, 6) is 1.08. The van der Waals surface area contributed by atoms with Crippen LogP contribution in [-0.2, 0) is 0 Å². The predicted molar refractivity (Wildman–Crippen MR) is 46.3 cm³/mol. The van der Waals surface area contributed by atoms with E-state index in [1.54, 1.807) is 0 Å². The summed E-state index contributed by atoms with van der Waals surface area (Å²) in [6, 6.07) is 0. The van der Waals surface area contributed by atoms with Gasteiger partial charge in [-0.05, 0) is 18.2 Å². The summed E-state index contributed by atoms with van der Waals surface area (Å²) in [5.41, 5.74) is 1.13. The SMILES string of the molecule is C1=CC=C2SCC=C2N=C1. The van der Waals surface area contributed by atoms with Crippen LogP contribution in [0, 0.1) is 0 Å². The van der Waals surface area contributed by atoms with Gasteiger partial charge in [-0.2, -0.15) is 0 Å². The molecule has 2 aliphatic rings. The number of nitrogens with zero attached hydrogens (tertiary/aromatic N) is 1. The van der Waals surface area contributed by atoms with Gasteiger partial charge in [-0.3, -0.25) is 4.99 Å². The van der Waals surface area contributed by atoms with E-state index in [1.807, 2.05) is 30.1 Å². The summed E-state index contributed by atoms with van der Waals surface area (Å²) in [5, 5.41) is 0. The zero-order valence-electron chi connectivity index (χ0n) is 5.45. The third-order valence-corrected chi connectivity index (χ3v) is 2.42. The average molecular weight is 149 g/mol. The molecule has 0 unspecified atom stereocenters. The summed E-state index contributed by atoms with van der Waals surface area (Å²) < 4.78 is 0. The highest BCUT2D eigenvalue weighted by Crippen LogP contribution is 2.32. The summed E-state index contributed by atoms with van der Waals surface area (Å²) in [4.78, 5) is 5.54. The van der Waals surface area contributed by atoms with Crippen molar-refractivity contribution >= 4 is 18.0 Å². The minimum Gasteiger partial charge on any atom is -0.256 e. The molecule has 0 atom stereocenters. The van der Waals surface area contributed by atoms with Gasteiger partial charge in [-0.15, -0.1) is 11.8 Å². The number of allylic oxidation sites excluding steroid dienone is 3. The van der Waals surface area contributed by atoms with Gasteiger partial charge in [0.1, 0.15) is 0 Å². The maximum Gasteiger partial charge on any atom is 0.0734 e. The third-order valence-electron chi connectivity index (χ3n) is 1.43. The first-order valence-electron chi connectivity index (χ1n) is 3.21. The van der Waals surface area contributed by atoms with Crippen molar-refractivity contribution in [2.75, 3.05) is 5.75 Å². The molecule has 0 aliphatic carbocycles. The van der Waals surface area contributed by atoms with Crippen molar-refractivity contribution in [3.63, 3.8) is 0 Å². The fourth-order valence-corrected chi connectivity index (χ4v) is 1.83. The second-order valence-electron chi connectivity index (χ2n) is 2.09. The third kappa shape index (κ3) is 0.948. The first-order valence-corrected chi connectivity index (χ1v) is 4.20. The van der Waals surface area contributed by atoms with Gasteiger partial charge < -0.3 is 0 Å². The first-order chi connectivity index (χ1) is 4.97. The monoisotopic (exact) mass is 149 g/mol. The molecule has 1 nitrogen and oxygen atoms in total. The van der Waals surface area contributed by atoms with E-state index < -0.39 is 0 Å². The highest BCUT2D eigenvalue weighted by Gasteiger charge is 2.09. The molecule has 0 N–H and O–H groups in total. The Hall–Kier alpha value is -0.760. The van der Waals surface area contributed by atoms with E-state index in [1.165, 1.54) is 4.91 Å². The van der Waals surface area contributed by atoms with Crippen LogP contribution in [0.15, 0.2) is 39.9 Å². The van der Waals surface area contributed by atoms with E-state index >= 15 is 0 Å². The Labute approximate surface area is 64.2 Å². The van der Waals surface area contributed by atoms with Crippen LogP contribution < -0.4 is 0 Å². The van der Waals surface area contributed by atoms with Gasteiger partial charge in [-0.1, -0.05) is 6.08 Å². The molecule has 2 heteroatoms. The molecular weight excluding hydrogens is 142 g/mol. The van der Waals surface area contributed by atoms with Crippen molar-refractivity contribution in [2.24, 2.45) is 4.99 Å². The molecule has 0 amide bonds. The van der Waals surface area contributed by atoms with Crippen molar-refractivity contribution in [1.82, 2.24) is 0 Å². The Morgan fingerprint density at radius 2 is 2.40 bits per heavy atom. The lowest BCUT2D eigenvalue weighted by atomic mass is 10.4. The molecule has 0 aromatic carbocycles. The van der Waals surface area contributed by atoms with Crippen molar-refractivity contribution in [3.8, 4) is 0 Å². The predicted octanol–water partition coefficient (Wildman–Crippen LogP) is 2.14. The molecule has 50 valence electrons. The maximum absolute atomic E-state index is 4.25. The molecule has 0 fully saturated rings. The van der Waals surface area contributed by atoms with Crippen LogP contribution in [0.3, 0.4) is 0 Å². The Kier molecular flexibility index (Phi) is 1.47. The fraction of sp³-hybridized carbons (Fsp3) is 0.125. The quantitative estimate of drug-likeness (QED) is 0.514. The first kappa shape index (κ1) is 5.98. The van der Waals surface area contributed by atoms with Gasteiger partial charge in [0.2, 0.25) is 0 Å². The minimum atomic E-state index is 1.08. The van der Waals surface area contributed by atoms with Crippen LogP contribution in [0.5, 0.6) is 0 Å². The summed E-state index contributed by atoms with van der Waals surface area (Å²) in [6.45, 7) is 0. The van der Waals surface area contributed by atoms with Gasteiger partial charge in [0.15, 0.2) is 0 Å². The Morgan fingerprint density at radius 1 is 1.40 bits per heavy atom. The summed E-state index contributed by atoms with van der Waals surface area (Å²) in [7, 11) is 0. The normalized spacial score (nSPS) is 21.6. The minimum absolute atomic E-state index is 1.08. The molecule has 0 aromatic heterocycles. The van der Waals surface area contributed by atoms with E-state index in [-0.39, 0.29) is 0 Å². The zero-order chi connectivity index (χ0) is 6.81. The highest BCUT2D eigenvalue weighted by atomic mass is 32.2. The van der Waals surface area contributed by atoms with Gasteiger partial charge >= 0.3 is 0 Å². The molecule has 2 heterocycles. The number of aliphatic imine (C=N–C) groups is 1. The van der Waals surface area contributed by atoms with Crippen LogP contribution in [0.25, 0.3) is 0 Å². The average Bonchev–Trinajstić information content (AvgIpc) is 2.28. The van der Waals surface area contributed by atoms with Crippen LogP contribution in [-0.4, -0.2) is 12.0 Å². The second kappa shape index (κ2) is 2.46. The van der Waals surface area contributed by atoms with Crippen molar-refractivity contribution in [1.29, 1.82) is 0 Å². The fourth-order valence-electron chi connectivity index (χ4n) is 0.951. The molecule has 0 spiro atoms. The standard InChI is InChI=1S/C8H7NS/c1-2-5-9-7-4-6-10-8(7)3-1/h1-5H,6H2. The molecule has 0 saturated carbocycles. The Bertz CT molecular complexity index is 258. The number of fused-ring (bicyclic) bond motifs is 1. The van der Waals surface area contributed by atoms with E-state index in [0.29, 0.717) is 0 Å². The van der Waals surface area contributed by atoms with Crippen LogP contribution in [0.4, 0.5) is 0 Å². The van der Waals surface area contributed by atoms with E-state index in [9.17, 15) is 0 Å². The second-order valence-corrected chi connectivity index (χ2v) is 3.16. The van der Waals surface area contributed by atoms with Crippen LogP contribution >= 0.6 is 11.8 Å². The van der Waals surface area contributed by atoms with Gasteiger partial charge in [0, 0.05) is 16.9 Å². The maximum atomic E-state index is 4.25. The van der Waals surface area contributed by atoms with Gasteiger partial charge in [0.05, 0.1) is 5.70 Å². The van der Waals surface area contributed by atoms with Crippen LogP contribution in [0.1, 0.15) is 0 Å². The van der Waals surface area contributed by atoms with E-state index in [2.05, 4.69) is 17.1 Å². The van der Waals surface area contributed by atoms with Crippen molar-refractivity contribution in [3.05, 3.63) is 34.9 Å². The highest BCUT2D eigenvalue weighted by molar-refractivity contribution is 8.03. The molecular formula is C8H7NS. The Balaban J connectivity index is 2.42. The smallest absolute Gasteiger partial charge is 0.0734 e. The zero-order valence-corrected chi connectivity index (χ0v) is 6.27. The molecule has 10 heavy (non-hydrogen) atoms. The van der Waals surface area contributed by atoms with E-state index in [4.69, 9.17) is 0 Å². The number of hydrogen-bond donors (Lipinski definition) is 0. The van der Waals surface area contributed by atoms with E-state index in [0.717, 1.165) is 11.4 Å². The lowest BCUT2D eigenvalue weighted by molar-refractivity contribution is 1.42. The van der Waals surface area contributed by atoms with Crippen molar-refractivity contribution in [2.45, 2.75) is 0 Å². The topological polar surface area (TPSA) is 12.4 Å². The molecule has 2 rings (SSSR count). The molecule has 0 bridgehead atoms. The summed E-state index contributed by atoms with van der Waals surface area (Å²) in [6.07, 6.45) is 10.1. The lowest BCUT2D eigenvalue weighted by Gasteiger charge is -1.92. The number of thioether (sulfide) groups is 1.